The highest BCUT2D eigenvalue weighted by atomic mass is 32.2. The summed E-state index contributed by atoms with van der Waals surface area (Å²) < 4.78 is 4.56. The van der Waals surface area contributed by atoms with E-state index >= 15 is 0 Å². The predicted molar refractivity (Wildman–Crippen MR) is 90.9 cm³/mol. The molecular weight excluding hydrogens is 330 g/mol. The molecule has 0 aromatic carbocycles. The van der Waals surface area contributed by atoms with Crippen LogP contribution in [0.25, 0.3) is 0 Å². The first-order chi connectivity index (χ1) is 11.5. The first-order valence-corrected chi connectivity index (χ1v) is 9.05. The molecule has 1 heterocycles. The second-order valence-corrected chi connectivity index (χ2v) is 6.98. The molecule has 1 aromatic rings. The number of rotatable bonds is 6. The molecule has 1 aliphatic rings. The second-order valence-electron chi connectivity index (χ2n) is 6.02. The van der Waals surface area contributed by atoms with Crippen molar-refractivity contribution in [1.82, 2.24) is 15.3 Å². The van der Waals surface area contributed by atoms with E-state index in [1.165, 1.54) is 19.6 Å². The Morgan fingerprint density at radius 2 is 2.17 bits per heavy atom. The van der Waals surface area contributed by atoms with Crippen molar-refractivity contribution in [3.05, 3.63) is 22.1 Å². The molecule has 1 amide bonds. The van der Waals surface area contributed by atoms with Crippen molar-refractivity contribution >= 4 is 23.6 Å². The smallest absolute Gasteiger partial charge is 0.311 e. The summed E-state index contributed by atoms with van der Waals surface area (Å²) in [6.45, 7) is 2.16. The molecule has 1 saturated carbocycles. The van der Waals surface area contributed by atoms with Crippen molar-refractivity contribution < 1.29 is 14.3 Å². The van der Waals surface area contributed by atoms with Crippen LogP contribution in [0.5, 0.6) is 0 Å². The third-order valence-corrected chi connectivity index (χ3v) is 5.00. The molecule has 0 radical (unpaired) electrons. The normalized spacial score (nSPS) is 20.4. The number of carbonyl (C=O) groups excluding carboxylic acids is 2. The Labute approximate surface area is 145 Å². The van der Waals surface area contributed by atoms with E-state index in [1.807, 2.05) is 0 Å². The van der Waals surface area contributed by atoms with Crippen molar-refractivity contribution in [2.75, 3.05) is 12.9 Å². The SMILES string of the molecule is COC(=O)Cc1cc(=O)[nH]c(SCC(=O)N[C@@H]2CCCC[C@H]2C)n1. The van der Waals surface area contributed by atoms with Crippen LogP contribution >= 0.6 is 11.8 Å². The van der Waals surface area contributed by atoms with Gasteiger partial charge in [0.25, 0.3) is 5.56 Å². The Kier molecular flexibility index (Phi) is 6.84. The lowest BCUT2D eigenvalue weighted by molar-refractivity contribution is -0.139. The summed E-state index contributed by atoms with van der Waals surface area (Å²) >= 11 is 1.15. The van der Waals surface area contributed by atoms with Crippen LogP contribution in [-0.2, 0) is 20.7 Å². The molecule has 2 atom stereocenters. The maximum atomic E-state index is 12.1. The molecule has 132 valence electrons. The van der Waals surface area contributed by atoms with Crippen molar-refractivity contribution in [2.45, 2.75) is 50.2 Å². The van der Waals surface area contributed by atoms with Gasteiger partial charge in [-0.1, -0.05) is 31.5 Å². The number of thioether (sulfide) groups is 1. The third-order valence-electron chi connectivity index (χ3n) is 4.12. The van der Waals surface area contributed by atoms with Gasteiger partial charge < -0.3 is 15.0 Å². The summed E-state index contributed by atoms with van der Waals surface area (Å²) in [5, 5.41) is 3.38. The highest BCUT2D eigenvalue weighted by molar-refractivity contribution is 7.99. The third kappa shape index (κ3) is 5.67. The van der Waals surface area contributed by atoms with Gasteiger partial charge in [0.2, 0.25) is 5.91 Å². The van der Waals surface area contributed by atoms with Crippen LogP contribution in [0.15, 0.2) is 16.0 Å². The van der Waals surface area contributed by atoms with Gasteiger partial charge in [-0.05, 0) is 18.8 Å². The number of ether oxygens (including phenoxy) is 1. The highest BCUT2D eigenvalue weighted by Crippen LogP contribution is 2.23. The predicted octanol–water partition coefficient (Wildman–Crippen LogP) is 1.27. The first kappa shape index (κ1) is 18.5. The van der Waals surface area contributed by atoms with Gasteiger partial charge in [-0.2, -0.15) is 0 Å². The number of methoxy groups -OCH3 is 1. The maximum Gasteiger partial charge on any atom is 0.311 e. The van der Waals surface area contributed by atoms with Gasteiger partial charge in [-0.15, -0.1) is 0 Å². The van der Waals surface area contributed by atoms with Crippen LogP contribution in [0.1, 0.15) is 38.3 Å². The van der Waals surface area contributed by atoms with Gasteiger partial charge in [0.05, 0.1) is 25.0 Å². The number of esters is 1. The number of aromatic nitrogens is 2. The average Bonchev–Trinajstić information content (AvgIpc) is 2.54. The molecule has 2 rings (SSSR count). The van der Waals surface area contributed by atoms with Gasteiger partial charge in [0.1, 0.15) is 0 Å². The average molecular weight is 353 g/mol. The zero-order valence-electron chi connectivity index (χ0n) is 14.0. The van der Waals surface area contributed by atoms with Crippen LogP contribution in [0, 0.1) is 5.92 Å². The molecule has 0 bridgehead atoms. The summed E-state index contributed by atoms with van der Waals surface area (Å²) in [4.78, 5) is 41.8. The van der Waals surface area contributed by atoms with Crippen LogP contribution in [0.3, 0.4) is 0 Å². The Bertz CT molecular complexity index is 646. The van der Waals surface area contributed by atoms with Crippen molar-refractivity contribution in [1.29, 1.82) is 0 Å². The fourth-order valence-electron chi connectivity index (χ4n) is 2.78. The molecular formula is C16H23N3O4S. The Balaban J connectivity index is 1.90. The standard InChI is InChI=1S/C16H23N3O4S/c1-10-5-3-4-6-12(10)18-14(21)9-24-16-17-11(7-13(20)19-16)8-15(22)23-2/h7,10,12H,3-6,8-9H2,1-2H3,(H,18,21)(H,17,19,20)/t10-,12-/m1/s1. The number of nitrogens with one attached hydrogen (secondary N) is 2. The number of hydrogen-bond acceptors (Lipinski definition) is 6. The minimum atomic E-state index is -0.465. The minimum absolute atomic E-state index is 0.0697. The molecule has 24 heavy (non-hydrogen) atoms. The van der Waals surface area contributed by atoms with Gasteiger partial charge in [-0.25, -0.2) is 4.98 Å². The molecule has 2 N–H and O–H groups in total. The monoisotopic (exact) mass is 353 g/mol. The molecule has 1 aliphatic carbocycles. The minimum Gasteiger partial charge on any atom is -0.469 e. The molecule has 8 heteroatoms. The van der Waals surface area contributed by atoms with Gasteiger partial charge in [-0.3, -0.25) is 14.4 Å². The molecule has 0 spiro atoms. The van der Waals surface area contributed by atoms with E-state index in [0.29, 0.717) is 16.8 Å². The van der Waals surface area contributed by atoms with Crippen molar-refractivity contribution in [3.63, 3.8) is 0 Å². The lowest BCUT2D eigenvalue weighted by atomic mass is 9.86. The van der Waals surface area contributed by atoms with E-state index in [9.17, 15) is 14.4 Å². The van der Waals surface area contributed by atoms with Crippen LogP contribution < -0.4 is 10.9 Å². The maximum absolute atomic E-state index is 12.1. The number of amides is 1. The fraction of sp³-hybridized carbons (Fsp3) is 0.625. The molecule has 1 fully saturated rings. The molecule has 1 aromatic heterocycles. The second kappa shape index (κ2) is 8.86. The van der Waals surface area contributed by atoms with Gasteiger partial charge in [0, 0.05) is 12.1 Å². The zero-order chi connectivity index (χ0) is 17.5. The fourth-order valence-corrected chi connectivity index (χ4v) is 3.48. The van der Waals surface area contributed by atoms with E-state index in [-0.39, 0.29) is 29.7 Å². The van der Waals surface area contributed by atoms with Crippen molar-refractivity contribution in [3.8, 4) is 0 Å². The summed E-state index contributed by atoms with van der Waals surface area (Å²) in [7, 11) is 1.28. The van der Waals surface area contributed by atoms with Crippen LogP contribution in [0.2, 0.25) is 0 Å². The highest BCUT2D eigenvalue weighted by Gasteiger charge is 2.22. The summed E-state index contributed by atoms with van der Waals surface area (Å²) in [6, 6.07) is 1.48. The van der Waals surface area contributed by atoms with Gasteiger partial charge >= 0.3 is 5.97 Å². The van der Waals surface area contributed by atoms with Gasteiger partial charge in [0.15, 0.2) is 5.16 Å². The van der Waals surface area contributed by atoms with Crippen molar-refractivity contribution in [2.24, 2.45) is 5.92 Å². The number of nitrogens with zero attached hydrogens (tertiary/aromatic N) is 1. The Morgan fingerprint density at radius 1 is 1.42 bits per heavy atom. The van der Waals surface area contributed by atoms with E-state index in [2.05, 4.69) is 26.9 Å². The molecule has 0 unspecified atom stereocenters. The quantitative estimate of drug-likeness (QED) is 0.454. The first-order valence-electron chi connectivity index (χ1n) is 8.07. The molecule has 7 nitrogen and oxygen atoms in total. The summed E-state index contributed by atoms with van der Waals surface area (Å²) in [6.07, 6.45) is 4.46. The lowest BCUT2D eigenvalue weighted by Crippen LogP contribution is -2.41. The van der Waals surface area contributed by atoms with E-state index in [0.717, 1.165) is 31.0 Å². The van der Waals surface area contributed by atoms with E-state index in [4.69, 9.17) is 0 Å². The van der Waals surface area contributed by atoms with E-state index < -0.39 is 5.97 Å². The number of H-pyrrole nitrogens is 1. The number of carbonyl (C=O) groups is 2. The summed E-state index contributed by atoms with van der Waals surface area (Å²) in [5.41, 5.74) is -0.0258. The Hall–Kier alpha value is -1.83. The lowest BCUT2D eigenvalue weighted by Gasteiger charge is -2.29. The van der Waals surface area contributed by atoms with E-state index in [1.54, 1.807) is 0 Å². The topological polar surface area (TPSA) is 101 Å². The number of hydrogen-bond donors (Lipinski definition) is 2. The van der Waals surface area contributed by atoms with Crippen LogP contribution in [-0.4, -0.2) is 40.7 Å². The largest absolute Gasteiger partial charge is 0.469 e. The molecule has 0 aliphatic heterocycles. The summed E-state index contributed by atoms with van der Waals surface area (Å²) in [5.74, 6) is 0.135. The molecule has 0 saturated heterocycles. The Morgan fingerprint density at radius 3 is 2.88 bits per heavy atom. The van der Waals surface area contributed by atoms with Crippen LogP contribution in [0.4, 0.5) is 0 Å². The zero-order valence-corrected chi connectivity index (χ0v) is 14.8. The number of aromatic amines is 1.